The first-order valence-corrected chi connectivity index (χ1v) is 6.56. The fraction of sp³-hybridized carbons (Fsp3) is 0.667. The zero-order valence-corrected chi connectivity index (χ0v) is 10.1. The normalized spacial score (nSPS) is 26.0. The molecule has 2 unspecified atom stereocenters. The van der Waals surface area contributed by atoms with E-state index in [1.807, 2.05) is 11.3 Å². The molecule has 0 saturated heterocycles. The van der Waals surface area contributed by atoms with Crippen LogP contribution < -0.4 is 5.73 Å². The van der Waals surface area contributed by atoms with Crippen LogP contribution in [0.4, 0.5) is 0 Å². The van der Waals surface area contributed by atoms with Gasteiger partial charge in [0.15, 0.2) is 0 Å². The molecular formula is C12H19NOS. The van der Waals surface area contributed by atoms with Crippen molar-refractivity contribution in [2.24, 2.45) is 5.73 Å². The van der Waals surface area contributed by atoms with Crippen molar-refractivity contribution in [1.29, 1.82) is 0 Å². The Morgan fingerprint density at radius 2 is 2.20 bits per heavy atom. The average molecular weight is 225 g/mol. The summed E-state index contributed by atoms with van der Waals surface area (Å²) >= 11 is 1.85. The first kappa shape index (κ1) is 11.1. The lowest BCUT2D eigenvalue weighted by Crippen LogP contribution is -2.31. The van der Waals surface area contributed by atoms with E-state index in [1.165, 1.54) is 16.2 Å². The Morgan fingerprint density at radius 1 is 1.40 bits per heavy atom. The zero-order valence-electron chi connectivity index (χ0n) is 9.24. The van der Waals surface area contributed by atoms with Gasteiger partial charge in [0, 0.05) is 15.8 Å². The third-order valence-electron chi connectivity index (χ3n) is 3.01. The molecule has 1 heterocycles. The van der Waals surface area contributed by atoms with Crippen LogP contribution in [0.25, 0.3) is 0 Å². The van der Waals surface area contributed by atoms with Crippen LogP contribution in [-0.4, -0.2) is 12.1 Å². The van der Waals surface area contributed by atoms with E-state index in [1.54, 1.807) is 0 Å². The lowest BCUT2D eigenvalue weighted by molar-refractivity contribution is 0.0372. The van der Waals surface area contributed by atoms with Crippen molar-refractivity contribution in [2.45, 2.75) is 51.4 Å². The number of rotatable bonds is 4. The standard InChI is InChI=1S/C12H19NOS/c1-2-9-6-7-10(15-9)8-14-12-5-3-4-11(12)13/h6-7,11-12H,2-5,8,13H2,1H3. The molecule has 1 saturated carbocycles. The number of hydrogen-bond donors (Lipinski definition) is 1. The van der Waals surface area contributed by atoms with E-state index in [9.17, 15) is 0 Å². The number of nitrogens with two attached hydrogens (primary N) is 1. The summed E-state index contributed by atoms with van der Waals surface area (Å²) in [6, 6.07) is 4.62. The van der Waals surface area contributed by atoms with Gasteiger partial charge >= 0.3 is 0 Å². The number of ether oxygens (including phenoxy) is 1. The molecule has 2 N–H and O–H groups in total. The Bertz CT molecular complexity index is 310. The molecule has 0 radical (unpaired) electrons. The number of aryl methyl sites for hydroxylation is 1. The third-order valence-corrected chi connectivity index (χ3v) is 4.21. The second-order valence-corrected chi connectivity index (χ2v) is 5.42. The molecule has 2 atom stereocenters. The van der Waals surface area contributed by atoms with Crippen molar-refractivity contribution in [3.05, 3.63) is 21.9 Å². The van der Waals surface area contributed by atoms with Crippen molar-refractivity contribution >= 4 is 11.3 Å². The molecule has 1 aromatic heterocycles. The molecule has 0 bridgehead atoms. The minimum atomic E-state index is 0.260. The quantitative estimate of drug-likeness (QED) is 0.855. The molecule has 1 aliphatic rings. The van der Waals surface area contributed by atoms with Gasteiger partial charge < -0.3 is 10.5 Å². The molecule has 0 spiro atoms. The predicted molar refractivity (Wildman–Crippen MR) is 64.1 cm³/mol. The van der Waals surface area contributed by atoms with Crippen LogP contribution in [0.2, 0.25) is 0 Å². The molecule has 15 heavy (non-hydrogen) atoms. The summed E-state index contributed by atoms with van der Waals surface area (Å²) < 4.78 is 5.84. The van der Waals surface area contributed by atoms with Crippen molar-refractivity contribution in [3.63, 3.8) is 0 Å². The second-order valence-electron chi connectivity index (χ2n) is 4.17. The van der Waals surface area contributed by atoms with Crippen LogP contribution >= 0.6 is 11.3 Å². The van der Waals surface area contributed by atoms with Crippen molar-refractivity contribution in [2.75, 3.05) is 0 Å². The molecule has 2 nitrogen and oxygen atoms in total. The van der Waals surface area contributed by atoms with E-state index in [-0.39, 0.29) is 12.1 Å². The molecule has 0 amide bonds. The van der Waals surface area contributed by atoms with Crippen LogP contribution in [0.5, 0.6) is 0 Å². The van der Waals surface area contributed by atoms with E-state index >= 15 is 0 Å². The lowest BCUT2D eigenvalue weighted by atomic mass is 10.2. The van der Waals surface area contributed by atoms with Gasteiger partial charge in [0.25, 0.3) is 0 Å². The molecule has 0 aliphatic heterocycles. The van der Waals surface area contributed by atoms with Crippen LogP contribution in [0.15, 0.2) is 12.1 Å². The molecule has 2 rings (SSSR count). The summed E-state index contributed by atoms with van der Waals surface area (Å²) in [5.41, 5.74) is 5.95. The van der Waals surface area contributed by atoms with Crippen molar-refractivity contribution in [1.82, 2.24) is 0 Å². The summed E-state index contributed by atoms with van der Waals surface area (Å²) in [6.45, 7) is 2.92. The maximum Gasteiger partial charge on any atom is 0.0814 e. The Balaban J connectivity index is 1.82. The van der Waals surface area contributed by atoms with E-state index in [4.69, 9.17) is 10.5 Å². The monoisotopic (exact) mass is 225 g/mol. The first-order chi connectivity index (χ1) is 7.29. The fourth-order valence-corrected chi connectivity index (χ4v) is 2.92. The number of hydrogen-bond acceptors (Lipinski definition) is 3. The summed E-state index contributed by atoms with van der Waals surface area (Å²) in [5, 5.41) is 0. The van der Waals surface area contributed by atoms with E-state index in [0.29, 0.717) is 0 Å². The Labute approximate surface area is 95.4 Å². The highest BCUT2D eigenvalue weighted by Crippen LogP contribution is 2.23. The largest absolute Gasteiger partial charge is 0.371 e. The first-order valence-electron chi connectivity index (χ1n) is 5.74. The highest BCUT2D eigenvalue weighted by molar-refractivity contribution is 7.11. The molecule has 0 aromatic carbocycles. The topological polar surface area (TPSA) is 35.2 Å². The minimum Gasteiger partial charge on any atom is -0.371 e. The smallest absolute Gasteiger partial charge is 0.0814 e. The summed E-state index contributed by atoms with van der Waals surface area (Å²) in [7, 11) is 0. The van der Waals surface area contributed by atoms with Crippen molar-refractivity contribution in [3.8, 4) is 0 Å². The molecule has 1 aromatic rings. The van der Waals surface area contributed by atoms with Gasteiger partial charge in [0.1, 0.15) is 0 Å². The van der Waals surface area contributed by atoms with Crippen molar-refractivity contribution < 1.29 is 4.74 Å². The van der Waals surface area contributed by atoms with Gasteiger partial charge in [-0.3, -0.25) is 0 Å². The maximum absolute atomic E-state index is 5.95. The van der Waals surface area contributed by atoms with Crippen LogP contribution in [0.1, 0.15) is 35.9 Å². The van der Waals surface area contributed by atoms with Gasteiger partial charge in [-0.05, 0) is 37.8 Å². The summed E-state index contributed by atoms with van der Waals surface area (Å²) in [5.74, 6) is 0. The maximum atomic E-state index is 5.95. The fourth-order valence-electron chi connectivity index (χ4n) is 2.04. The summed E-state index contributed by atoms with van der Waals surface area (Å²) in [4.78, 5) is 2.76. The van der Waals surface area contributed by atoms with Gasteiger partial charge in [-0.25, -0.2) is 0 Å². The Kier molecular flexibility index (Phi) is 3.78. The van der Waals surface area contributed by atoms with Crippen LogP contribution in [0.3, 0.4) is 0 Å². The highest BCUT2D eigenvalue weighted by Gasteiger charge is 2.24. The molecule has 3 heteroatoms. The molecule has 84 valence electrons. The van der Waals surface area contributed by atoms with Gasteiger partial charge in [-0.15, -0.1) is 11.3 Å². The van der Waals surface area contributed by atoms with Gasteiger partial charge in [-0.2, -0.15) is 0 Å². The third kappa shape index (κ3) is 2.80. The zero-order chi connectivity index (χ0) is 10.7. The van der Waals surface area contributed by atoms with Gasteiger partial charge in [0.2, 0.25) is 0 Å². The number of thiophene rings is 1. The molecular weight excluding hydrogens is 206 g/mol. The lowest BCUT2D eigenvalue weighted by Gasteiger charge is -2.15. The highest BCUT2D eigenvalue weighted by atomic mass is 32.1. The van der Waals surface area contributed by atoms with Gasteiger partial charge in [-0.1, -0.05) is 6.92 Å². The van der Waals surface area contributed by atoms with E-state index < -0.39 is 0 Å². The molecule has 1 aliphatic carbocycles. The molecule has 1 fully saturated rings. The van der Waals surface area contributed by atoms with Gasteiger partial charge in [0.05, 0.1) is 12.7 Å². The minimum absolute atomic E-state index is 0.260. The Morgan fingerprint density at radius 3 is 2.80 bits per heavy atom. The van der Waals surface area contributed by atoms with Crippen LogP contribution in [0, 0.1) is 0 Å². The van der Waals surface area contributed by atoms with Crippen LogP contribution in [-0.2, 0) is 17.8 Å². The summed E-state index contributed by atoms with van der Waals surface area (Å²) in [6.07, 6.45) is 4.88. The van der Waals surface area contributed by atoms with E-state index in [0.717, 1.165) is 25.9 Å². The average Bonchev–Trinajstić information content (AvgIpc) is 2.84. The SMILES string of the molecule is CCc1ccc(COC2CCCC2N)s1. The second kappa shape index (κ2) is 5.10. The predicted octanol–water partition coefficient (Wildman–Crippen LogP) is 2.71. The Hall–Kier alpha value is -0.380. The van der Waals surface area contributed by atoms with E-state index in [2.05, 4.69) is 19.1 Å².